The number of fused-ring (bicyclic) bond motifs is 4. The van der Waals surface area contributed by atoms with Crippen LogP contribution in [0.4, 0.5) is 10.5 Å². The Morgan fingerprint density at radius 1 is 1.08 bits per heavy atom. The molecule has 0 aromatic heterocycles. The highest BCUT2D eigenvalue weighted by molar-refractivity contribution is 7.80. The first-order chi connectivity index (χ1) is 17.0. The average molecular weight is 510 g/mol. The van der Waals surface area contributed by atoms with Crippen molar-refractivity contribution in [1.29, 1.82) is 0 Å². The molecule has 4 heterocycles. The molecule has 36 heavy (non-hydrogen) atoms. The summed E-state index contributed by atoms with van der Waals surface area (Å²) in [5.41, 5.74) is 0.797. The van der Waals surface area contributed by atoms with E-state index >= 15 is 0 Å². The number of nitrogens with one attached hydrogen (secondary N) is 1. The zero-order valence-electron chi connectivity index (χ0n) is 20.5. The Morgan fingerprint density at radius 2 is 1.75 bits per heavy atom. The van der Waals surface area contributed by atoms with Gasteiger partial charge in [0, 0.05) is 32.4 Å². The summed E-state index contributed by atoms with van der Waals surface area (Å²) in [6.45, 7) is 4.30. The van der Waals surface area contributed by atoms with Crippen LogP contribution in [-0.2, 0) is 25.6 Å². The number of carbonyl (C=O) groups excluding carboxylic acids is 5. The highest BCUT2D eigenvalue weighted by atomic mass is 32.1. The average Bonchev–Trinajstić information content (AvgIpc) is 3.33. The largest absolute Gasteiger partial charge is 0.367 e. The van der Waals surface area contributed by atoms with Gasteiger partial charge in [-0.15, -0.1) is 0 Å². The number of benzene rings is 1. The van der Waals surface area contributed by atoms with E-state index in [1.54, 1.807) is 13.8 Å². The fraction of sp³-hybridized carbons (Fsp3) is 0.440. The molecule has 11 heteroatoms. The van der Waals surface area contributed by atoms with Gasteiger partial charge in [0.05, 0.1) is 6.04 Å². The maximum absolute atomic E-state index is 13.5. The van der Waals surface area contributed by atoms with E-state index in [0.717, 1.165) is 27.5 Å². The Morgan fingerprint density at radius 3 is 2.39 bits per heavy atom. The van der Waals surface area contributed by atoms with Gasteiger partial charge in [-0.2, -0.15) is 0 Å². The van der Waals surface area contributed by atoms with E-state index in [1.807, 2.05) is 18.2 Å². The predicted molar refractivity (Wildman–Crippen MR) is 135 cm³/mol. The minimum Gasteiger partial charge on any atom is -0.367 e. The zero-order valence-corrected chi connectivity index (χ0v) is 21.3. The molecule has 3 saturated heterocycles. The van der Waals surface area contributed by atoms with Crippen molar-refractivity contribution in [2.75, 3.05) is 25.5 Å². The lowest BCUT2D eigenvalue weighted by Crippen LogP contribution is -2.70. The molecule has 1 aromatic rings. The van der Waals surface area contributed by atoms with Crippen molar-refractivity contribution in [3.8, 4) is 0 Å². The van der Waals surface area contributed by atoms with Crippen molar-refractivity contribution in [1.82, 2.24) is 20.0 Å². The van der Waals surface area contributed by atoms with Crippen LogP contribution in [-0.4, -0.2) is 82.2 Å². The van der Waals surface area contributed by atoms with Gasteiger partial charge in [0.1, 0.15) is 5.57 Å². The normalized spacial score (nSPS) is 24.8. The van der Waals surface area contributed by atoms with E-state index in [9.17, 15) is 24.0 Å². The van der Waals surface area contributed by atoms with E-state index in [0.29, 0.717) is 18.5 Å². The number of nitrogens with zero attached hydrogens (tertiary/aromatic N) is 4. The molecule has 0 bridgehead atoms. The molecule has 4 aliphatic heterocycles. The molecule has 1 N–H and O–H groups in total. The lowest BCUT2D eigenvalue weighted by molar-refractivity contribution is -0.159. The molecule has 6 amide bonds. The SMILES string of the molecule is CC(C)N1C(=O)/C(=C\c2ccc3c(c2)CC2(C(=O)N(C)C(=O)N(C)C2=O)C2CCCN32)C(=O)NC1=S. The summed E-state index contributed by atoms with van der Waals surface area (Å²) in [7, 11) is 2.81. The monoisotopic (exact) mass is 509 g/mol. The number of barbiturate groups is 1. The first-order valence-corrected chi connectivity index (χ1v) is 12.3. The molecule has 1 atom stereocenters. The number of hydrogen-bond donors (Lipinski definition) is 1. The molecule has 1 unspecified atom stereocenters. The van der Waals surface area contributed by atoms with Crippen LogP contribution >= 0.6 is 12.2 Å². The van der Waals surface area contributed by atoms with Crippen LogP contribution < -0.4 is 10.2 Å². The Labute approximate surface area is 213 Å². The van der Waals surface area contributed by atoms with Crippen LogP contribution in [0.3, 0.4) is 0 Å². The topological polar surface area (TPSA) is 110 Å². The molecule has 3 fully saturated rings. The number of rotatable bonds is 2. The Balaban J connectivity index is 1.59. The number of thiocarbonyl (C=S) groups is 1. The molecular weight excluding hydrogens is 482 g/mol. The Kier molecular flexibility index (Phi) is 5.51. The molecule has 10 nitrogen and oxygen atoms in total. The molecule has 0 saturated carbocycles. The summed E-state index contributed by atoms with van der Waals surface area (Å²) in [6, 6.07) is 4.31. The van der Waals surface area contributed by atoms with Crippen molar-refractivity contribution < 1.29 is 24.0 Å². The molecule has 1 aromatic carbocycles. The molecule has 0 radical (unpaired) electrons. The molecule has 188 valence electrons. The van der Waals surface area contributed by atoms with Crippen LogP contribution in [0.25, 0.3) is 6.08 Å². The number of hydrogen-bond acceptors (Lipinski definition) is 7. The highest BCUT2D eigenvalue weighted by Crippen LogP contribution is 2.49. The van der Waals surface area contributed by atoms with Gasteiger partial charge in [-0.25, -0.2) is 4.79 Å². The van der Waals surface area contributed by atoms with Gasteiger partial charge in [0.25, 0.3) is 11.8 Å². The predicted octanol–water partition coefficient (Wildman–Crippen LogP) is 1.28. The van der Waals surface area contributed by atoms with Gasteiger partial charge < -0.3 is 4.90 Å². The third-order valence-corrected chi connectivity index (χ3v) is 7.91. The van der Waals surface area contributed by atoms with E-state index < -0.39 is 35.1 Å². The fourth-order valence-corrected chi connectivity index (χ4v) is 6.32. The van der Waals surface area contributed by atoms with Gasteiger partial charge in [-0.05, 0) is 74.7 Å². The van der Waals surface area contributed by atoms with Crippen molar-refractivity contribution in [2.45, 2.75) is 45.2 Å². The zero-order chi connectivity index (χ0) is 26.1. The second kappa shape index (κ2) is 8.22. The summed E-state index contributed by atoms with van der Waals surface area (Å²) < 4.78 is 0. The van der Waals surface area contributed by atoms with Gasteiger partial charge in [0.15, 0.2) is 10.5 Å². The molecule has 1 spiro atoms. The van der Waals surface area contributed by atoms with Crippen molar-refractivity contribution in [3.63, 3.8) is 0 Å². The molecule has 4 aliphatic rings. The first-order valence-electron chi connectivity index (χ1n) is 11.9. The lowest BCUT2D eigenvalue weighted by atomic mass is 9.68. The number of urea groups is 1. The third-order valence-electron chi connectivity index (χ3n) is 7.61. The number of carbonyl (C=O) groups is 5. The van der Waals surface area contributed by atoms with E-state index in [1.165, 1.54) is 25.1 Å². The quantitative estimate of drug-likeness (QED) is 0.277. The van der Waals surface area contributed by atoms with Gasteiger partial charge in [0.2, 0.25) is 11.8 Å². The smallest absolute Gasteiger partial charge is 0.332 e. The summed E-state index contributed by atoms with van der Waals surface area (Å²) in [6.07, 6.45) is 3.12. The molecule has 5 rings (SSSR count). The van der Waals surface area contributed by atoms with Crippen molar-refractivity contribution in [2.24, 2.45) is 5.41 Å². The summed E-state index contributed by atoms with van der Waals surface area (Å²) >= 11 is 5.16. The summed E-state index contributed by atoms with van der Waals surface area (Å²) in [4.78, 5) is 70.7. The lowest BCUT2D eigenvalue weighted by Gasteiger charge is -2.50. The van der Waals surface area contributed by atoms with E-state index in [-0.39, 0.29) is 29.2 Å². The molecular formula is C25H27N5O5S. The number of imide groups is 2. The maximum atomic E-state index is 13.5. The van der Waals surface area contributed by atoms with Crippen LogP contribution in [0.1, 0.15) is 37.8 Å². The van der Waals surface area contributed by atoms with Gasteiger partial charge in [-0.1, -0.05) is 6.07 Å². The van der Waals surface area contributed by atoms with Crippen LogP contribution in [0, 0.1) is 5.41 Å². The van der Waals surface area contributed by atoms with E-state index in [2.05, 4.69) is 10.2 Å². The Hall–Kier alpha value is -3.60. The number of amides is 6. The molecule has 0 aliphatic carbocycles. The summed E-state index contributed by atoms with van der Waals surface area (Å²) in [5, 5.41) is 2.64. The fourth-order valence-electron chi connectivity index (χ4n) is 5.93. The van der Waals surface area contributed by atoms with Crippen LogP contribution in [0.15, 0.2) is 23.8 Å². The maximum Gasteiger partial charge on any atom is 0.332 e. The second-order valence-electron chi connectivity index (χ2n) is 9.98. The minimum absolute atomic E-state index is 0.0447. The standard InChI is InChI=1S/C25H27N5O5S/c1-13(2)30-20(32)16(19(31)26-23(30)36)11-14-7-8-17-15(10-14)12-25(18-6-5-9-29(17)18)21(33)27(3)24(35)28(4)22(25)34/h7-8,10-11,13,18H,5-6,9,12H2,1-4H3,(H,26,31,36)/b16-11-. The highest BCUT2D eigenvalue weighted by Gasteiger charge is 2.63. The van der Waals surface area contributed by atoms with Gasteiger partial charge in [-0.3, -0.25) is 39.2 Å². The third kappa shape index (κ3) is 3.22. The minimum atomic E-state index is -1.41. The van der Waals surface area contributed by atoms with Crippen LogP contribution in [0.5, 0.6) is 0 Å². The number of anilines is 1. The van der Waals surface area contributed by atoms with Crippen molar-refractivity contribution >= 4 is 58.8 Å². The summed E-state index contributed by atoms with van der Waals surface area (Å²) in [5.74, 6) is -2.04. The van der Waals surface area contributed by atoms with Crippen molar-refractivity contribution in [3.05, 3.63) is 34.9 Å². The van der Waals surface area contributed by atoms with Gasteiger partial charge >= 0.3 is 6.03 Å². The van der Waals surface area contributed by atoms with Crippen LogP contribution in [0.2, 0.25) is 0 Å². The second-order valence-corrected chi connectivity index (χ2v) is 10.4. The first kappa shape index (κ1) is 24.1. The van der Waals surface area contributed by atoms with E-state index in [4.69, 9.17) is 12.2 Å². The Bertz CT molecular complexity index is 1260.